The molecule has 0 atom stereocenters. The molecule has 0 fully saturated rings. The number of halogens is 2. The first-order chi connectivity index (χ1) is 6.70. The third-order valence-corrected chi connectivity index (χ3v) is 2.68. The lowest BCUT2D eigenvalue weighted by Gasteiger charge is -2.01. The van der Waals surface area contributed by atoms with Gasteiger partial charge in [-0.25, -0.2) is 4.98 Å². The molecule has 0 aliphatic rings. The molecule has 0 saturated carbocycles. The van der Waals surface area contributed by atoms with Gasteiger partial charge in [-0.15, -0.1) is 0 Å². The van der Waals surface area contributed by atoms with Crippen LogP contribution in [0.1, 0.15) is 10.5 Å². The summed E-state index contributed by atoms with van der Waals surface area (Å²) in [5.74, 6) is 0. The van der Waals surface area contributed by atoms with Crippen molar-refractivity contribution in [3.63, 3.8) is 0 Å². The van der Waals surface area contributed by atoms with Crippen LogP contribution < -0.4 is 0 Å². The highest BCUT2D eigenvalue weighted by Crippen LogP contribution is 2.26. The maximum absolute atomic E-state index is 10.5. The lowest BCUT2D eigenvalue weighted by atomic mass is 10.2. The maximum atomic E-state index is 10.5. The number of nitrogens with zero attached hydrogens (tertiary/aromatic N) is 1. The van der Waals surface area contributed by atoms with Gasteiger partial charge in [-0.2, -0.15) is 0 Å². The Bertz CT molecular complexity index is 513. The number of carbonyl (C=O) groups is 1. The normalized spacial score (nSPS) is 10.4. The summed E-state index contributed by atoms with van der Waals surface area (Å²) in [6, 6.07) is 7.05. The zero-order valence-corrected chi connectivity index (χ0v) is 9.34. The fraction of sp³-hybridized carbons (Fsp3) is 0. The van der Waals surface area contributed by atoms with E-state index in [4.69, 9.17) is 11.6 Å². The molecule has 0 bridgehead atoms. The minimum atomic E-state index is 0.417. The van der Waals surface area contributed by atoms with Crippen molar-refractivity contribution < 1.29 is 4.79 Å². The van der Waals surface area contributed by atoms with Crippen LogP contribution in [0.4, 0.5) is 0 Å². The van der Waals surface area contributed by atoms with Crippen molar-refractivity contribution in [3.05, 3.63) is 39.5 Å². The Morgan fingerprint density at radius 2 is 2.14 bits per heavy atom. The predicted octanol–water partition coefficient (Wildman–Crippen LogP) is 3.46. The summed E-state index contributed by atoms with van der Waals surface area (Å²) < 4.78 is 0.795. The Kier molecular flexibility index (Phi) is 2.52. The van der Waals surface area contributed by atoms with Crippen molar-refractivity contribution in [2.24, 2.45) is 0 Å². The summed E-state index contributed by atoms with van der Waals surface area (Å²) >= 11 is 9.22. The quantitative estimate of drug-likeness (QED) is 0.743. The van der Waals surface area contributed by atoms with Crippen LogP contribution in [0.3, 0.4) is 0 Å². The van der Waals surface area contributed by atoms with Gasteiger partial charge in [0.15, 0.2) is 6.29 Å². The van der Waals surface area contributed by atoms with Gasteiger partial charge in [-0.05, 0) is 34.1 Å². The van der Waals surface area contributed by atoms with Crippen LogP contribution in [0, 0.1) is 0 Å². The van der Waals surface area contributed by atoms with Crippen LogP contribution in [0.5, 0.6) is 0 Å². The summed E-state index contributed by atoms with van der Waals surface area (Å²) in [6.45, 7) is 0. The van der Waals surface area contributed by atoms with Crippen LogP contribution in [0.15, 0.2) is 28.7 Å². The Morgan fingerprint density at radius 1 is 1.36 bits per heavy atom. The average molecular weight is 271 g/mol. The van der Waals surface area contributed by atoms with Crippen molar-refractivity contribution in [1.29, 1.82) is 0 Å². The summed E-state index contributed by atoms with van der Waals surface area (Å²) in [6.07, 6.45) is 0.723. The molecule has 2 nitrogen and oxygen atoms in total. The summed E-state index contributed by atoms with van der Waals surface area (Å²) in [5, 5.41) is 1.56. The second kappa shape index (κ2) is 3.67. The van der Waals surface area contributed by atoms with Gasteiger partial charge in [0.2, 0.25) is 0 Å². The Labute approximate surface area is 94.0 Å². The van der Waals surface area contributed by atoms with E-state index in [1.54, 1.807) is 12.1 Å². The van der Waals surface area contributed by atoms with Crippen molar-refractivity contribution in [2.75, 3.05) is 0 Å². The van der Waals surface area contributed by atoms with Crippen LogP contribution in [-0.2, 0) is 0 Å². The second-order valence-electron chi connectivity index (χ2n) is 2.81. The zero-order chi connectivity index (χ0) is 10.1. The number of rotatable bonds is 1. The highest BCUT2D eigenvalue weighted by Gasteiger charge is 2.03. The Hall–Kier alpha value is -0.930. The fourth-order valence-corrected chi connectivity index (χ4v) is 2.16. The molecular weight excluding hydrogens is 265 g/mol. The second-order valence-corrected chi connectivity index (χ2v) is 4.10. The Morgan fingerprint density at radius 3 is 2.86 bits per heavy atom. The van der Waals surface area contributed by atoms with Crippen LogP contribution in [0.2, 0.25) is 5.02 Å². The first-order valence-corrected chi connectivity index (χ1v) is 5.09. The van der Waals surface area contributed by atoms with Crippen molar-refractivity contribution >= 4 is 44.7 Å². The summed E-state index contributed by atoms with van der Waals surface area (Å²) in [5.41, 5.74) is 1.17. The molecule has 2 rings (SSSR count). The van der Waals surface area contributed by atoms with E-state index < -0.39 is 0 Å². The van der Waals surface area contributed by atoms with E-state index in [2.05, 4.69) is 20.9 Å². The number of aromatic nitrogens is 1. The molecule has 1 heterocycles. The van der Waals surface area contributed by atoms with E-state index in [9.17, 15) is 4.79 Å². The number of fused-ring (bicyclic) bond motifs is 1. The van der Waals surface area contributed by atoms with Gasteiger partial charge < -0.3 is 0 Å². The average Bonchev–Trinajstić information content (AvgIpc) is 2.17. The number of carbonyl (C=O) groups excluding carboxylic acids is 1. The van der Waals surface area contributed by atoms with E-state index in [0.29, 0.717) is 10.7 Å². The van der Waals surface area contributed by atoms with Crippen LogP contribution in [0.25, 0.3) is 10.9 Å². The van der Waals surface area contributed by atoms with Crippen LogP contribution >= 0.6 is 27.5 Å². The van der Waals surface area contributed by atoms with E-state index >= 15 is 0 Å². The fourth-order valence-electron chi connectivity index (χ4n) is 1.24. The van der Waals surface area contributed by atoms with Gasteiger partial charge in [-0.3, -0.25) is 4.79 Å². The molecule has 1 aromatic heterocycles. The van der Waals surface area contributed by atoms with Gasteiger partial charge in [0.25, 0.3) is 0 Å². The lowest BCUT2D eigenvalue weighted by molar-refractivity contribution is 0.111. The van der Waals surface area contributed by atoms with E-state index in [0.717, 1.165) is 21.7 Å². The molecule has 0 radical (unpaired) electrons. The monoisotopic (exact) mass is 269 g/mol. The SMILES string of the molecule is O=Cc1ccc2cc(Cl)cc(Br)c2n1. The summed E-state index contributed by atoms with van der Waals surface area (Å²) in [7, 11) is 0. The van der Waals surface area contributed by atoms with Gasteiger partial charge in [0.05, 0.1) is 5.52 Å². The first kappa shape index (κ1) is 9.62. The van der Waals surface area contributed by atoms with E-state index in [1.165, 1.54) is 0 Å². The van der Waals surface area contributed by atoms with Gasteiger partial charge >= 0.3 is 0 Å². The molecule has 0 spiro atoms. The van der Waals surface area contributed by atoms with Crippen molar-refractivity contribution in [2.45, 2.75) is 0 Å². The molecule has 0 N–H and O–H groups in total. The van der Waals surface area contributed by atoms with E-state index in [-0.39, 0.29) is 0 Å². The molecule has 0 aliphatic carbocycles. The predicted molar refractivity (Wildman–Crippen MR) is 59.8 cm³/mol. The number of aldehydes is 1. The van der Waals surface area contributed by atoms with Crippen molar-refractivity contribution in [1.82, 2.24) is 4.98 Å². The molecule has 0 amide bonds. The largest absolute Gasteiger partial charge is 0.296 e. The van der Waals surface area contributed by atoms with Crippen molar-refractivity contribution in [3.8, 4) is 0 Å². The molecular formula is C10H5BrClNO. The standard InChI is InChI=1S/C10H5BrClNO/c11-9-4-7(12)3-6-1-2-8(5-14)13-10(6)9/h1-5H. The number of hydrogen-bond acceptors (Lipinski definition) is 2. The third kappa shape index (κ3) is 1.65. The van der Waals surface area contributed by atoms with Gasteiger partial charge in [0, 0.05) is 14.9 Å². The molecule has 0 saturated heterocycles. The minimum Gasteiger partial charge on any atom is -0.296 e. The van der Waals surface area contributed by atoms with Gasteiger partial charge in [-0.1, -0.05) is 17.7 Å². The number of pyridine rings is 1. The third-order valence-electron chi connectivity index (χ3n) is 1.85. The molecule has 14 heavy (non-hydrogen) atoms. The maximum Gasteiger partial charge on any atom is 0.168 e. The Balaban J connectivity index is 2.81. The smallest absolute Gasteiger partial charge is 0.168 e. The molecule has 70 valence electrons. The topological polar surface area (TPSA) is 30.0 Å². The molecule has 2 aromatic rings. The minimum absolute atomic E-state index is 0.417. The highest BCUT2D eigenvalue weighted by atomic mass is 79.9. The summed E-state index contributed by atoms with van der Waals surface area (Å²) in [4.78, 5) is 14.7. The number of benzene rings is 1. The van der Waals surface area contributed by atoms with Gasteiger partial charge in [0.1, 0.15) is 5.69 Å². The number of hydrogen-bond donors (Lipinski definition) is 0. The molecule has 0 unspecified atom stereocenters. The van der Waals surface area contributed by atoms with Crippen LogP contribution in [-0.4, -0.2) is 11.3 Å². The lowest BCUT2D eigenvalue weighted by Crippen LogP contribution is -1.88. The highest BCUT2D eigenvalue weighted by molar-refractivity contribution is 9.10. The molecule has 0 aliphatic heterocycles. The van der Waals surface area contributed by atoms with E-state index in [1.807, 2.05) is 12.1 Å². The molecule has 1 aromatic carbocycles. The first-order valence-electron chi connectivity index (χ1n) is 3.91. The molecule has 4 heteroatoms. The zero-order valence-electron chi connectivity index (χ0n) is 7.00.